The summed E-state index contributed by atoms with van der Waals surface area (Å²) in [5.74, 6) is 0.344. The van der Waals surface area contributed by atoms with E-state index in [0.717, 1.165) is 16.1 Å². The van der Waals surface area contributed by atoms with Crippen LogP contribution in [0.25, 0.3) is 0 Å². The lowest BCUT2D eigenvalue weighted by Crippen LogP contribution is -2.29. The second-order valence-electron chi connectivity index (χ2n) is 4.65. The Kier molecular flexibility index (Phi) is 6.94. The molecule has 1 unspecified atom stereocenters. The summed E-state index contributed by atoms with van der Waals surface area (Å²) in [6.07, 6.45) is 7.66. The van der Waals surface area contributed by atoms with E-state index in [1.165, 1.54) is 0 Å². The molecule has 4 nitrogen and oxygen atoms in total. The molecule has 0 bridgehead atoms. The van der Waals surface area contributed by atoms with Crippen molar-refractivity contribution >= 4 is 29.2 Å². The third-order valence-electron chi connectivity index (χ3n) is 3.09. The molecule has 0 spiro atoms. The SMILES string of the molecule is CCOP(=O)(OCC)C(Nc1ccc(Br)cc1)[C]1[CH][CH][CH][CH]1. The Morgan fingerprint density at radius 2 is 1.64 bits per heavy atom. The van der Waals surface area contributed by atoms with Gasteiger partial charge in [0.05, 0.1) is 13.2 Å². The minimum absolute atomic E-state index is 0.330. The molecule has 1 N–H and O–H groups in total. The van der Waals surface area contributed by atoms with Crippen molar-refractivity contribution < 1.29 is 13.6 Å². The van der Waals surface area contributed by atoms with E-state index in [4.69, 9.17) is 9.05 Å². The van der Waals surface area contributed by atoms with E-state index in [0.29, 0.717) is 13.2 Å². The summed E-state index contributed by atoms with van der Waals surface area (Å²) in [5.41, 5.74) is 0.856. The molecule has 1 aliphatic carbocycles. The quantitative estimate of drug-likeness (QED) is 0.650. The molecule has 0 aromatic heterocycles. The Bertz CT molecular complexity index is 493. The maximum absolute atomic E-state index is 13.2. The number of anilines is 1. The van der Waals surface area contributed by atoms with Gasteiger partial charge in [0.25, 0.3) is 0 Å². The van der Waals surface area contributed by atoms with E-state index in [2.05, 4.69) is 21.2 Å². The topological polar surface area (TPSA) is 47.6 Å². The summed E-state index contributed by atoms with van der Waals surface area (Å²) in [4.78, 5) is 0. The second kappa shape index (κ2) is 8.49. The van der Waals surface area contributed by atoms with Crippen LogP contribution in [-0.2, 0) is 13.6 Å². The zero-order valence-corrected chi connectivity index (χ0v) is 15.1. The molecule has 1 saturated carbocycles. The van der Waals surface area contributed by atoms with Crippen LogP contribution in [0, 0.1) is 31.6 Å². The molecular formula is C16H20BrNO3P. The standard InChI is InChI=1S/C16H20BrNO3P/c1-3-20-22(19,21-4-2)16(13-7-5-6-8-13)18-15-11-9-14(17)10-12-15/h5-12,16,18H,3-4H2,1-2H3. The highest BCUT2D eigenvalue weighted by Crippen LogP contribution is 2.57. The first-order chi connectivity index (χ1) is 10.6. The van der Waals surface area contributed by atoms with Gasteiger partial charge in [-0.1, -0.05) is 15.9 Å². The lowest BCUT2D eigenvalue weighted by Gasteiger charge is -2.31. The molecule has 1 aromatic rings. The Morgan fingerprint density at radius 1 is 1.09 bits per heavy atom. The molecule has 1 fully saturated rings. The van der Waals surface area contributed by atoms with Crippen molar-refractivity contribution in [1.82, 2.24) is 0 Å². The van der Waals surface area contributed by atoms with E-state index in [1.54, 1.807) is 0 Å². The summed E-state index contributed by atoms with van der Waals surface area (Å²) in [6, 6.07) is 7.69. The smallest absolute Gasteiger partial charge is 0.353 e. The van der Waals surface area contributed by atoms with Crippen LogP contribution >= 0.6 is 23.5 Å². The van der Waals surface area contributed by atoms with E-state index >= 15 is 0 Å². The minimum atomic E-state index is -3.32. The Hall–Kier alpha value is -0.350. The van der Waals surface area contributed by atoms with Crippen molar-refractivity contribution in [3.63, 3.8) is 0 Å². The Morgan fingerprint density at radius 3 is 2.14 bits per heavy atom. The van der Waals surface area contributed by atoms with Gasteiger partial charge in [-0.3, -0.25) is 4.57 Å². The Labute approximate surface area is 141 Å². The number of rotatable bonds is 8. The summed E-state index contributed by atoms with van der Waals surface area (Å²) in [6.45, 7) is 4.29. The predicted molar refractivity (Wildman–Crippen MR) is 92.9 cm³/mol. The van der Waals surface area contributed by atoms with Crippen LogP contribution in [0.4, 0.5) is 5.69 Å². The molecule has 0 aliphatic heterocycles. The summed E-state index contributed by atoms with van der Waals surface area (Å²) in [7, 11) is -3.32. The average Bonchev–Trinajstić information content (AvgIpc) is 3.01. The summed E-state index contributed by atoms with van der Waals surface area (Å²) < 4.78 is 25.2. The number of benzene rings is 1. The van der Waals surface area contributed by atoms with Crippen molar-refractivity contribution in [3.8, 4) is 0 Å². The van der Waals surface area contributed by atoms with Gasteiger partial charge in [0, 0.05) is 16.1 Å². The molecule has 2 rings (SSSR count). The first kappa shape index (κ1) is 18.0. The van der Waals surface area contributed by atoms with Crippen LogP contribution in [0.2, 0.25) is 0 Å². The van der Waals surface area contributed by atoms with Crippen molar-refractivity contribution in [2.75, 3.05) is 18.5 Å². The largest absolute Gasteiger partial charge is 0.371 e. The molecule has 1 aliphatic rings. The van der Waals surface area contributed by atoms with Gasteiger partial charge in [-0.2, -0.15) is 0 Å². The maximum atomic E-state index is 13.2. The molecule has 0 saturated heterocycles. The van der Waals surface area contributed by atoms with Crippen LogP contribution in [-0.4, -0.2) is 19.0 Å². The van der Waals surface area contributed by atoms with Crippen LogP contribution in [0.15, 0.2) is 28.7 Å². The van der Waals surface area contributed by atoms with Crippen LogP contribution in [0.3, 0.4) is 0 Å². The first-order valence-corrected chi connectivity index (χ1v) is 9.62. The molecule has 6 heteroatoms. The van der Waals surface area contributed by atoms with Gasteiger partial charge in [0.1, 0.15) is 5.78 Å². The zero-order chi connectivity index (χ0) is 16.0. The molecule has 1 aromatic carbocycles. The van der Waals surface area contributed by atoms with E-state index in [9.17, 15) is 4.57 Å². The lowest BCUT2D eigenvalue weighted by molar-refractivity contribution is 0.215. The van der Waals surface area contributed by atoms with E-state index < -0.39 is 13.4 Å². The van der Waals surface area contributed by atoms with Gasteiger partial charge < -0.3 is 14.4 Å². The molecule has 119 valence electrons. The maximum Gasteiger partial charge on any atom is 0.353 e. The highest BCUT2D eigenvalue weighted by Gasteiger charge is 2.42. The van der Waals surface area contributed by atoms with Gasteiger partial charge in [0.15, 0.2) is 0 Å². The van der Waals surface area contributed by atoms with Gasteiger partial charge in [-0.05, 0) is 63.8 Å². The fourth-order valence-electron chi connectivity index (χ4n) is 2.17. The van der Waals surface area contributed by atoms with Crippen LogP contribution in [0.1, 0.15) is 13.8 Å². The van der Waals surface area contributed by atoms with Crippen molar-refractivity contribution in [2.24, 2.45) is 0 Å². The molecule has 0 heterocycles. The molecule has 0 amide bonds. The molecule has 5 radical (unpaired) electrons. The number of hydrogen-bond donors (Lipinski definition) is 1. The third kappa shape index (κ3) is 4.58. The fourth-order valence-corrected chi connectivity index (χ4v) is 4.37. The van der Waals surface area contributed by atoms with Crippen molar-refractivity contribution in [2.45, 2.75) is 19.6 Å². The van der Waals surface area contributed by atoms with E-state index in [1.807, 2.05) is 63.8 Å². The Balaban J connectivity index is 2.24. The predicted octanol–water partition coefficient (Wildman–Crippen LogP) is 4.86. The van der Waals surface area contributed by atoms with Gasteiger partial charge in [-0.25, -0.2) is 0 Å². The van der Waals surface area contributed by atoms with Gasteiger partial charge in [-0.15, -0.1) is 0 Å². The first-order valence-electron chi connectivity index (χ1n) is 7.21. The van der Waals surface area contributed by atoms with Gasteiger partial charge >= 0.3 is 7.60 Å². The van der Waals surface area contributed by atoms with E-state index in [-0.39, 0.29) is 0 Å². The number of nitrogens with one attached hydrogen (secondary N) is 1. The highest BCUT2D eigenvalue weighted by molar-refractivity contribution is 9.10. The third-order valence-corrected chi connectivity index (χ3v) is 5.91. The van der Waals surface area contributed by atoms with Gasteiger partial charge in [0.2, 0.25) is 0 Å². The minimum Gasteiger partial charge on any atom is -0.371 e. The second-order valence-corrected chi connectivity index (χ2v) is 7.68. The monoisotopic (exact) mass is 384 g/mol. The highest BCUT2D eigenvalue weighted by atomic mass is 79.9. The lowest BCUT2D eigenvalue weighted by atomic mass is 10.1. The molecule has 22 heavy (non-hydrogen) atoms. The average molecular weight is 385 g/mol. The van der Waals surface area contributed by atoms with Crippen molar-refractivity contribution in [3.05, 3.63) is 60.3 Å². The number of halogens is 1. The van der Waals surface area contributed by atoms with Crippen LogP contribution < -0.4 is 5.32 Å². The number of hydrogen-bond acceptors (Lipinski definition) is 4. The van der Waals surface area contributed by atoms with Crippen LogP contribution in [0.5, 0.6) is 0 Å². The molecule has 1 atom stereocenters. The normalized spacial score (nSPS) is 17.6. The summed E-state index contributed by atoms with van der Waals surface area (Å²) >= 11 is 3.41. The molecular weight excluding hydrogens is 365 g/mol. The van der Waals surface area contributed by atoms with Crippen molar-refractivity contribution in [1.29, 1.82) is 0 Å². The summed E-state index contributed by atoms with van der Waals surface area (Å²) in [5, 5.41) is 3.28. The zero-order valence-electron chi connectivity index (χ0n) is 12.7. The fraction of sp³-hybridized carbons (Fsp3) is 0.312.